The highest BCUT2D eigenvalue weighted by molar-refractivity contribution is 6.06. The van der Waals surface area contributed by atoms with Crippen molar-refractivity contribution >= 4 is 21.5 Å². The molecule has 0 aliphatic rings. The number of benzene rings is 3. The van der Waals surface area contributed by atoms with E-state index in [0.29, 0.717) is 0 Å². The smallest absolute Gasteiger partial charge is 0.126 e. The third kappa shape index (κ3) is 1.72. The van der Waals surface area contributed by atoms with Crippen molar-refractivity contribution < 1.29 is 9.47 Å². The number of ether oxygens (including phenoxy) is 2. The Morgan fingerprint density at radius 2 is 1.16 bits per heavy atom. The van der Waals surface area contributed by atoms with Crippen molar-refractivity contribution in [1.82, 2.24) is 0 Å². The van der Waals surface area contributed by atoms with Crippen molar-refractivity contribution in [1.29, 1.82) is 0 Å². The normalized spacial score (nSPS) is 10.9. The van der Waals surface area contributed by atoms with Gasteiger partial charge in [0.2, 0.25) is 0 Å². The Labute approximate surface area is 112 Å². The molecule has 0 fully saturated rings. The SMILES string of the molecule is COc1cccc2c(C)c3cccc(OC)c3cc12. The molecule has 0 spiro atoms. The van der Waals surface area contributed by atoms with Gasteiger partial charge >= 0.3 is 0 Å². The first-order chi connectivity index (χ1) is 9.26. The van der Waals surface area contributed by atoms with E-state index in [1.165, 1.54) is 16.3 Å². The van der Waals surface area contributed by atoms with Gasteiger partial charge in [0.1, 0.15) is 11.5 Å². The molecule has 0 N–H and O–H groups in total. The molecule has 0 aliphatic carbocycles. The minimum atomic E-state index is 0.897. The molecular formula is C17H16O2. The van der Waals surface area contributed by atoms with Crippen molar-refractivity contribution in [2.75, 3.05) is 14.2 Å². The van der Waals surface area contributed by atoms with Gasteiger partial charge in [-0.25, -0.2) is 0 Å². The Morgan fingerprint density at radius 3 is 1.58 bits per heavy atom. The van der Waals surface area contributed by atoms with E-state index in [2.05, 4.69) is 25.1 Å². The van der Waals surface area contributed by atoms with Crippen molar-refractivity contribution in [3.8, 4) is 11.5 Å². The van der Waals surface area contributed by atoms with E-state index in [1.54, 1.807) is 14.2 Å². The number of aryl methyl sites for hydroxylation is 1. The molecule has 0 atom stereocenters. The summed E-state index contributed by atoms with van der Waals surface area (Å²) in [6.07, 6.45) is 0. The minimum Gasteiger partial charge on any atom is -0.496 e. The average Bonchev–Trinajstić information content (AvgIpc) is 2.46. The van der Waals surface area contributed by atoms with Gasteiger partial charge in [-0.15, -0.1) is 0 Å². The number of fused-ring (bicyclic) bond motifs is 2. The summed E-state index contributed by atoms with van der Waals surface area (Å²) >= 11 is 0. The monoisotopic (exact) mass is 252 g/mol. The van der Waals surface area contributed by atoms with Crippen LogP contribution >= 0.6 is 0 Å². The zero-order valence-electron chi connectivity index (χ0n) is 11.4. The van der Waals surface area contributed by atoms with Crippen LogP contribution in [-0.4, -0.2) is 14.2 Å². The maximum atomic E-state index is 5.46. The van der Waals surface area contributed by atoms with Gasteiger partial charge in [-0.05, 0) is 41.5 Å². The van der Waals surface area contributed by atoms with Crippen molar-refractivity contribution in [3.63, 3.8) is 0 Å². The lowest BCUT2D eigenvalue weighted by molar-refractivity contribution is 0.419. The van der Waals surface area contributed by atoms with Gasteiger partial charge in [-0.2, -0.15) is 0 Å². The number of rotatable bonds is 2. The molecule has 3 aromatic carbocycles. The van der Waals surface area contributed by atoms with E-state index in [1.807, 2.05) is 24.3 Å². The van der Waals surface area contributed by atoms with Crippen molar-refractivity contribution in [2.45, 2.75) is 6.92 Å². The lowest BCUT2D eigenvalue weighted by Gasteiger charge is -2.13. The molecule has 0 heterocycles. The fourth-order valence-electron chi connectivity index (χ4n) is 2.69. The highest BCUT2D eigenvalue weighted by Crippen LogP contribution is 2.36. The first-order valence-electron chi connectivity index (χ1n) is 6.29. The van der Waals surface area contributed by atoms with E-state index in [9.17, 15) is 0 Å². The molecular weight excluding hydrogens is 236 g/mol. The average molecular weight is 252 g/mol. The summed E-state index contributed by atoms with van der Waals surface area (Å²) in [4.78, 5) is 0. The highest BCUT2D eigenvalue weighted by Gasteiger charge is 2.10. The summed E-state index contributed by atoms with van der Waals surface area (Å²) in [5.41, 5.74) is 1.25. The van der Waals surface area contributed by atoms with E-state index >= 15 is 0 Å². The maximum Gasteiger partial charge on any atom is 0.126 e. The van der Waals surface area contributed by atoms with Gasteiger partial charge < -0.3 is 9.47 Å². The standard InChI is InChI=1S/C17H16O2/c1-11-12-6-4-8-16(18-2)14(12)10-15-13(11)7-5-9-17(15)19-3/h4-10H,1-3H3. The van der Waals surface area contributed by atoms with Gasteiger partial charge in [0.15, 0.2) is 0 Å². The van der Waals surface area contributed by atoms with Crippen molar-refractivity contribution in [3.05, 3.63) is 48.0 Å². The van der Waals surface area contributed by atoms with E-state index in [4.69, 9.17) is 9.47 Å². The molecule has 0 bridgehead atoms. The summed E-state index contributed by atoms with van der Waals surface area (Å²) in [6.45, 7) is 2.14. The number of hydrogen-bond donors (Lipinski definition) is 0. The predicted octanol–water partition coefficient (Wildman–Crippen LogP) is 4.32. The van der Waals surface area contributed by atoms with Crippen LogP contribution < -0.4 is 9.47 Å². The summed E-state index contributed by atoms with van der Waals surface area (Å²) in [5.74, 6) is 1.79. The predicted molar refractivity (Wildman–Crippen MR) is 79.3 cm³/mol. The Morgan fingerprint density at radius 1 is 0.684 bits per heavy atom. The molecule has 0 aliphatic heterocycles. The molecule has 0 radical (unpaired) electrons. The molecule has 3 aromatic rings. The quantitative estimate of drug-likeness (QED) is 0.632. The molecule has 19 heavy (non-hydrogen) atoms. The highest BCUT2D eigenvalue weighted by atomic mass is 16.5. The van der Waals surface area contributed by atoms with Crippen LogP contribution in [0.2, 0.25) is 0 Å². The van der Waals surface area contributed by atoms with E-state index in [-0.39, 0.29) is 0 Å². The van der Waals surface area contributed by atoms with E-state index < -0.39 is 0 Å². The molecule has 0 aromatic heterocycles. The largest absolute Gasteiger partial charge is 0.496 e. The molecule has 0 unspecified atom stereocenters. The summed E-state index contributed by atoms with van der Waals surface area (Å²) in [7, 11) is 3.41. The topological polar surface area (TPSA) is 18.5 Å². The van der Waals surface area contributed by atoms with Crippen LogP contribution in [0.25, 0.3) is 21.5 Å². The Kier molecular flexibility index (Phi) is 2.79. The third-order valence-corrected chi connectivity index (χ3v) is 3.67. The Balaban J connectivity index is 2.53. The van der Waals surface area contributed by atoms with Gasteiger partial charge in [-0.3, -0.25) is 0 Å². The van der Waals surface area contributed by atoms with Crippen LogP contribution in [0.1, 0.15) is 5.56 Å². The molecule has 2 nitrogen and oxygen atoms in total. The fourth-order valence-corrected chi connectivity index (χ4v) is 2.69. The molecule has 0 amide bonds. The maximum absolute atomic E-state index is 5.46. The van der Waals surface area contributed by atoms with Gasteiger partial charge in [0.05, 0.1) is 14.2 Å². The van der Waals surface area contributed by atoms with Crippen LogP contribution in [0.5, 0.6) is 11.5 Å². The molecule has 2 heteroatoms. The minimum absolute atomic E-state index is 0.897. The zero-order valence-corrected chi connectivity index (χ0v) is 11.4. The third-order valence-electron chi connectivity index (χ3n) is 3.67. The Bertz CT molecular complexity index is 698. The molecule has 0 saturated carbocycles. The summed E-state index contributed by atoms with van der Waals surface area (Å²) in [6, 6.07) is 14.4. The molecule has 96 valence electrons. The molecule has 0 saturated heterocycles. The number of methoxy groups -OCH3 is 2. The van der Waals surface area contributed by atoms with Crippen LogP contribution in [0.15, 0.2) is 42.5 Å². The van der Waals surface area contributed by atoms with Gasteiger partial charge in [-0.1, -0.05) is 24.3 Å². The fraction of sp³-hybridized carbons (Fsp3) is 0.176. The first-order valence-corrected chi connectivity index (χ1v) is 6.29. The van der Waals surface area contributed by atoms with Gasteiger partial charge in [0, 0.05) is 10.8 Å². The van der Waals surface area contributed by atoms with Crippen LogP contribution in [0.4, 0.5) is 0 Å². The lowest BCUT2D eigenvalue weighted by atomic mass is 9.97. The Hall–Kier alpha value is -2.22. The number of hydrogen-bond acceptors (Lipinski definition) is 2. The van der Waals surface area contributed by atoms with Gasteiger partial charge in [0.25, 0.3) is 0 Å². The van der Waals surface area contributed by atoms with Crippen LogP contribution in [0.3, 0.4) is 0 Å². The van der Waals surface area contributed by atoms with Crippen molar-refractivity contribution in [2.24, 2.45) is 0 Å². The van der Waals surface area contributed by atoms with Crippen LogP contribution in [0, 0.1) is 6.92 Å². The summed E-state index contributed by atoms with van der Waals surface area (Å²) < 4.78 is 10.9. The second-order valence-corrected chi connectivity index (χ2v) is 4.61. The van der Waals surface area contributed by atoms with E-state index in [0.717, 1.165) is 22.3 Å². The summed E-state index contributed by atoms with van der Waals surface area (Å²) in [5, 5.41) is 4.69. The first kappa shape index (κ1) is 11.8. The lowest BCUT2D eigenvalue weighted by Crippen LogP contribution is -1.90. The second kappa shape index (κ2) is 4.47. The molecule has 3 rings (SSSR count). The second-order valence-electron chi connectivity index (χ2n) is 4.61. The zero-order chi connectivity index (χ0) is 13.4. The van der Waals surface area contributed by atoms with Crippen LogP contribution in [-0.2, 0) is 0 Å².